The standard InChI is InChI=1S/C32H38N4O4S2/c1-3-7-17-11-13-21-23(15-17)41-31(25(21)27(33)37)35-29(39)19-9-5-6-10-20(19)30(40)36-32-26(28(34)38)22-14-12-18(8-4-2)16-24(22)42-32/h5-6,9-10,17-18H,3-4,7-8,11-16H2,1-2H3,(H2,33,37)(H2,34,38)(H,35,39)(H,36,40). The number of rotatable bonds is 10. The molecule has 2 aliphatic carbocycles. The molecule has 0 spiro atoms. The highest BCUT2D eigenvalue weighted by molar-refractivity contribution is 7.17. The number of carbonyl (C=O) groups is 4. The molecule has 0 fully saturated rings. The molecule has 0 saturated heterocycles. The molecule has 3 aromatic rings. The molecule has 5 rings (SSSR count). The van der Waals surface area contributed by atoms with Gasteiger partial charge in [-0.05, 0) is 73.6 Å². The van der Waals surface area contributed by atoms with Gasteiger partial charge < -0.3 is 22.1 Å². The third kappa shape index (κ3) is 6.01. The molecule has 8 nitrogen and oxygen atoms in total. The van der Waals surface area contributed by atoms with Crippen LogP contribution in [0.3, 0.4) is 0 Å². The lowest BCUT2D eigenvalue weighted by Crippen LogP contribution is -2.23. The van der Waals surface area contributed by atoms with Crippen LogP contribution in [0.5, 0.6) is 0 Å². The van der Waals surface area contributed by atoms with Gasteiger partial charge in [-0.2, -0.15) is 0 Å². The topological polar surface area (TPSA) is 144 Å². The van der Waals surface area contributed by atoms with E-state index in [1.165, 1.54) is 22.7 Å². The number of nitrogens with two attached hydrogens (primary N) is 2. The molecule has 10 heteroatoms. The molecule has 0 aliphatic heterocycles. The van der Waals surface area contributed by atoms with Crippen LogP contribution in [0, 0.1) is 11.8 Å². The highest BCUT2D eigenvalue weighted by Gasteiger charge is 2.31. The van der Waals surface area contributed by atoms with Gasteiger partial charge >= 0.3 is 0 Å². The summed E-state index contributed by atoms with van der Waals surface area (Å²) >= 11 is 2.80. The van der Waals surface area contributed by atoms with Crippen LogP contribution in [-0.2, 0) is 25.7 Å². The summed E-state index contributed by atoms with van der Waals surface area (Å²) < 4.78 is 0. The molecule has 4 amide bonds. The smallest absolute Gasteiger partial charge is 0.257 e. The number of thiophene rings is 2. The summed E-state index contributed by atoms with van der Waals surface area (Å²) in [5.41, 5.74) is 14.5. The molecule has 42 heavy (non-hydrogen) atoms. The van der Waals surface area contributed by atoms with Crippen LogP contribution < -0.4 is 22.1 Å². The van der Waals surface area contributed by atoms with Gasteiger partial charge in [-0.25, -0.2) is 0 Å². The monoisotopic (exact) mass is 606 g/mol. The molecule has 2 atom stereocenters. The molecule has 6 N–H and O–H groups in total. The summed E-state index contributed by atoms with van der Waals surface area (Å²) in [6.45, 7) is 4.34. The molecule has 0 bridgehead atoms. The minimum absolute atomic E-state index is 0.158. The summed E-state index contributed by atoms with van der Waals surface area (Å²) in [6, 6.07) is 6.51. The van der Waals surface area contributed by atoms with Crippen molar-refractivity contribution in [3.63, 3.8) is 0 Å². The largest absolute Gasteiger partial charge is 0.365 e. The van der Waals surface area contributed by atoms with Crippen molar-refractivity contribution in [3.05, 3.63) is 67.4 Å². The Morgan fingerprint density at radius 1 is 0.738 bits per heavy atom. The number of hydrogen-bond acceptors (Lipinski definition) is 6. The molecular formula is C32H38N4O4S2. The summed E-state index contributed by atoms with van der Waals surface area (Å²) in [7, 11) is 0. The average molecular weight is 607 g/mol. The van der Waals surface area contributed by atoms with Gasteiger partial charge in [0.25, 0.3) is 23.6 Å². The van der Waals surface area contributed by atoms with Crippen LogP contribution in [-0.4, -0.2) is 23.6 Å². The number of hydrogen-bond donors (Lipinski definition) is 4. The number of anilines is 2. The Kier molecular flexibility index (Phi) is 9.13. The molecule has 222 valence electrons. The van der Waals surface area contributed by atoms with Gasteiger partial charge in [0.15, 0.2) is 0 Å². The zero-order chi connectivity index (χ0) is 30.0. The first kappa shape index (κ1) is 30.0. The molecular weight excluding hydrogens is 569 g/mol. The minimum Gasteiger partial charge on any atom is -0.365 e. The lowest BCUT2D eigenvalue weighted by atomic mass is 9.84. The first-order chi connectivity index (χ1) is 20.2. The number of benzene rings is 1. The maximum atomic E-state index is 13.6. The SMILES string of the molecule is CCCC1CCc2c(sc(NC(=O)c3ccccc3C(=O)Nc3sc4c(c3C(N)=O)CCC(CCC)C4)c2C(N)=O)C1. The molecule has 0 saturated carbocycles. The van der Waals surface area contributed by atoms with Crippen LogP contribution in [0.2, 0.25) is 0 Å². The number of nitrogens with one attached hydrogen (secondary N) is 2. The Morgan fingerprint density at radius 3 is 1.50 bits per heavy atom. The first-order valence-electron chi connectivity index (χ1n) is 14.8. The van der Waals surface area contributed by atoms with E-state index >= 15 is 0 Å². The quantitative estimate of drug-likeness (QED) is 0.214. The maximum absolute atomic E-state index is 13.6. The first-order valence-corrected chi connectivity index (χ1v) is 16.4. The lowest BCUT2D eigenvalue weighted by molar-refractivity contribution is 0.0983. The maximum Gasteiger partial charge on any atom is 0.257 e. The molecule has 1 aromatic carbocycles. The average Bonchev–Trinajstić information content (AvgIpc) is 3.50. The number of amides is 4. The fourth-order valence-electron chi connectivity index (χ4n) is 6.54. The van der Waals surface area contributed by atoms with Gasteiger partial charge in [0.1, 0.15) is 10.0 Å². The second kappa shape index (κ2) is 12.8. The second-order valence-corrected chi connectivity index (χ2v) is 13.6. The van der Waals surface area contributed by atoms with E-state index in [9.17, 15) is 19.2 Å². The highest BCUT2D eigenvalue weighted by Crippen LogP contribution is 2.42. The van der Waals surface area contributed by atoms with Gasteiger partial charge in [0.2, 0.25) is 0 Å². The van der Waals surface area contributed by atoms with Crippen molar-refractivity contribution in [1.82, 2.24) is 0 Å². The van der Waals surface area contributed by atoms with Crippen molar-refractivity contribution in [2.24, 2.45) is 23.3 Å². The molecule has 2 aromatic heterocycles. The van der Waals surface area contributed by atoms with Gasteiger partial charge in [-0.3, -0.25) is 19.2 Å². The molecule has 0 radical (unpaired) electrons. The van der Waals surface area contributed by atoms with E-state index in [0.29, 0.717) is 33.0 Å². The van der Waals surface area contributed by atoms with Crippen molar-refractivity contribution in [1.29, 1.82) is 0 Å². The Labute approximate surface area is 254 Å². The van der Waals surface area contributed by atoms with Crippen LogP contribution in [0.1, 0.15) is 115 Å². The van der Waals surface area contributed by atoms with Crippen molar-refractivity contribution in [2.45, 2.75) is 78.1 Å². The Hall–Kier alpha value is -3.50. The number of fused-ring (bicyclic) bond motifs is 2. The summed E-state index contributed by atoms with van der Waals surface area (Å²) in [5.74, 6) is -1.03. The number of primary amides is 2. The number of carbonyl (C=O) groups excluding carboxylic acids is 4. The summed E-state index contributed by atoms with van der Waals surface area (Å²) in [4.78, 5) is 54.3. The summed E-state index contributed by atoms with van der Waals surface area (Å²) in [5, 5.41) is 6.62. The Bertz CT molecular complexity index is 1430. The van der Waals surface area contributed by atoms with Gasteiger partial charge in [-0.1, -0.05) is 51.7 Å². The normalized spacial score (nSPS) is 17.7. The van der Waals surface area contributed by atoms with E-state index in [-0.39, 0.29) is 11.1 Å². The highest BCUT2D eigenvalue weighted by atomic mass is 32.1. The van der Waals surface area contributed by atoms with Crippen molar-refractivity contribution >= 4 is 56.3 Å². The third-order valence-electron chi connectivity index (χ3n) is 8.49. The minimum atomic E-state index is -0.565. The molecule has 2 unspecified atom stereocenters. The van der Waals surface area contributed by atoms with E-state index in [2.05, 4.69) is 24.5 Å². The van der Waals surface area contributed by atoms with Crippen molar-refractivity contribution in [2.75, 3.05) is 10.6 Å². The zero-order valence-corrected chi connectivity index (χ0v) is 25.8. The zero-order valence-electron chi connectivity index (χ0n) is 24.1. The van der Waals surface area contributed by atoms with Crippen LogP contribution in [0.25, 0.3) is 0 Å². The fraction of sp³-hybridized carbons (Fsp3) is 0.438. The fourth-order valence-corrected chi connectivity index (χ4v) is 9.26. The molecule has 2 aliphatic rings. The van der Waals surface area contributed by atoms with E-state index in [0.717, 1.165) is 85.1 Å². The van der Waals surface area contributed by atoms with Crippen LogP contribution in [0.15, 0.2) is 24.3 Å². The van der Waals surface area contributed by atoms with Gasteiger partial charge in [-0.15, -0.1) is 22.7 Å². The van der Waals surface area contributed by atoms with E-state index in [1.807, 2.05) is 0 Å². The van der Waals surface area contributed by atoms with E-state index in [1.54, 1.807) is 24.3 Å². The van der Waals surface area contributed by atoms with E-state index < -0.39 is 23.6 Å². The van der Waals surface area contributed by atoms with Crippen LogP contribution >= 0.6 is 22.7 Å². The third-order valence-corrected chi connectivity index (χ3v) is 10.8. The Morgan fingerprint density at radius 2 is 1.14 bits per heavy atom. The van der Waals surface area contributed by atoms with Gasteiger partial charge in [0.05, 0.1) is 22.3 Å². The van der Waals surface area contributed by atoms with Crippen molar-refractivity contribution in [3.8, 4) is 0 Å². The summed E-state index contributed by atoms with van der Waals surface area (Å²) in [6.07, 6.45) is 9.69. The lowest BCUT2D eigenvalue weighted by Gasteiger charge is -2.21. The predicted molar refractivity (Wildman–Crippen MR) is 169 cm³/mol. The Balaban J connectivity index is 1.40. The van der Waals surface area contributed by atoms with Crippen molar-refractivity contribution < 1.29 is 19.2 Å². The van der Waals surface area contributed by atoms with Crippen LogP contribution in [0.4, 0.5) is 10.0 Å². The predicted octanol–water partition coefficient (Wildman–Crippen LogP) is 6.32. The van der Waals surface area contributed by atoms with Gasteiger partial charge in [0, 0.05) is 9.75 Å². The second-order valence-electron chi connectivity index (χ2n) is 11.4. The van der Waals surface area contributed by atoms with E-state index in [4.69, 9.17) is 11.5 Å². The molecule has 2 heterocycles.